The molecule has 3 nitrogen and oxygen atoms in total. The van der Waals surface area contributed by atoms with Crippen LogP contribution in [0.25, 0.3) is 0 Å². The molecule has 2 aromatic rings. The summed E-state index contributed by atoms with van der Waals surface area (Å²) in [5, 5.41) is 2.99. The summed E-state index contributed by atoms with van der Waals surface area (Å²) < 4.78 is 5.73. The van der Waals surface area contributed by atoms with E-state index in [1.807, 2.05) is 42.5 Å². The number of carbonyl (C=O) groups excluding carboxylic acids is 1. The molecule has 1 aliphatic rings. The summed E-state index contributed by atoms with van der Waals surface area (Å²) in [6, 6.07) is 16.9. The number of para-hydroxylation sites is 1. The van der Waals surface area contributed by atoms with Crippen LogP contribution in [0.3, 0.4) is 0 Å². The van der Waals surface area contributed by atoms with Gasteiger partial charge in [-0.1, -0.05) is 29.8 Å². The lowest BCUT2D eigenvalue weighted by Gasteiger charge is -2.13. The van der Waals surface area contributed by atoms with Gasteiger partial charge in [-0.2, -0.15) is 0 Å². The molecule has 0 saturated carbocycles. The van der Waals surface area contributed by atoms with Gasteiger partial charge in [0.25, 0.3) is 5.91 Å². The molecule has 1 N–H and O–H groups in total. The van der Waals surface area contributed by atoms with Crippen LogP contribution in [0.5, 0.6) is 11.5 Å². The number of benzene rings is 2. The lowest BCUT2D eigenvalue weighted by atomic mass is 9.97. The van der Waals surface area contributed by atoms with E-state index in [0.717, 1.165) is 17.9 Å². The fourth-order valence-electron chi connectivity index (χ4n) is 2.87. The Labute approximate surface area is 143 Å². The Kier molecular flexibility index (Phi) is 5.67. The zero-order chi connectivity index (χ0) is 16.6. The van der Waals surface area contributed by atoms with Crippen molar-refractivity contribution in [1.29, 1.82) is 0 Å². The first-order chi connectivity index (χ1) is 11.8. The zero-order valence-electron chi connectivity index (χ0n) is 13.8. The summed E-state index contributed by atoms with van der Waals surface area (Å²) in [5.41, 5.74) is 2.14. The molecule has 24 heavy (non-hydrogen) atoms. The SMILES string of the molecule is O=C(NCCC1=CCCCC1)c1ccc(Oc2ccccc2)cc1. The van der Waals surface area contributed by atoms with Crippen molar-refractivity contribution in [3.8, 4) is 11.5 Å². The third-order valence-electron chi connectivity index (χ3n) is 4.21. The summed E-state index contributed by atoms with van der Waals surface area (Å²) in [6.45, 7) is 0.701. The Morgan fingerprint density at radius 2 is 1.71 bits per heavy atom. The molecule has 0 spiro atoms. The first kappa shape index (κ1) is 16.3. The topological polar surface area (TPSA) is 38.3 Å². The van der Waals surface area contributed by atoms with Gasteiger partial charge in [-0.15, -0.1) is 0 Å². The van der Waals surface area contributed by atoms with Gasteiger partial charge in [-0.25, -0.2) is 0 Å². The number of amides is 1. The van der Waals surface area contributed by atoms with E-state index in [2.05, 4.69) is 11.4 Å². The highest BCUT2D eigenvalue weighted by atomic mass is 16.5. The highest BCUT2D eigenvalue weighted by Gasteiger charge is 2.07. The Morgan fingerprint density at radius 3 is 2.42 bits per heavy atom. The number of hydrogen-bond donors (Lipinski definition) is 1. The van der Waals surface area contributed by atoms with Gasteiger partial charge in [-0.3, -0.25) is 4.79 Å². The molecule has 0 heterocycles. The lowest BCUT2D eigenvalue weighted by molar-refractivity contribution is 0.0954. The molecule has 3 heteroatoms. The van der Waals surface area contributed by atoms with E-state index in [1.54, 1.807) is 12.1 Å². The molecular formula is C21H23NO2. The van der Waals surface area contributed by atoms with E-state index in [1.165, 1.54) is 31.3 Å². The van der Waals surface area contributed by atoms with Crippen LogP contribution >= 0.6 is 0 Å². The van der Waals surface area contributed by atoms with E-state index in [-0.39, 0.29) is 5.91 Å². The predicted molar refractivity (Wildman–Crippen MR) is 96.5 cm³/mol. The second kappa shape index (κ2) is 8.34. The Hall–Kier alpha value is -2.55. The van der Waals surface area contributed by atoms with Crippen molar-refractivity contribution in [1.82, 2.24) is 5.32 Å². The molecule has 0 aromatic heterocycles. The Bertz CT molecular complexity index is 690. The normalized spacial score (nSPS) is 13.9. The van der Waals surface area contributed by atoms with Gasteiger partial charge in [0.15, 0.2) is 0 Å². The highest BCUT2D eigenvalue weighted by molar-refractivity contribution is 5.94. The van der Waals surface area contributed by atoms with Gasteiger partial charge in [0.2, 0.25) is 0 Å². The summed E-state index contributed by atoms with van der Waals surface area (Å²) >= 11 is 0. The summed E-state index contributed by atoms with van der Waals surface area (Å²) in [5.74, 6) is 1.48. The van der Waals surface area contributed by atoms with Gasteiger partial charge in [0, 0.05) is 12.1 Å². The molecule has 2 aromatic carbocycles. The molecule has 1 amide bonds. The smallest absolute Gasteiger partial charge is 0.251 e. The van der Waals surface area contributed by atoms with Crippen LogP contribution in [0.2, 0.25) is 0 Å². The van der Waals surface area contributed by atoms with Crippen molar-refractivity contribution in [3.05, 3.63) is 71.8 Å². The van der Waals surface area contributed by atoms with Gasteiger partial charge in [0.05, 0.1) is 0 Å². The quantitative estimate of drug-likeness (QED) is 0.752. The molecule has 0 unspecified atom stereocenters. The van der Waals surface area contributed by atoms with Crippen LogP contribution in [0, 0.1) is 0 Å². The van der Waals surface area contributed by atoms with Crippen LogP contribution in [0.4, 0.5) is 0 Å². The molecule has 0 aliphatic heterocycles. The van der Waals surface area contributed by atoms with Gasteiger partial charge in [-0.05, 0) is 68.5 Å². The van der Waals surface area contributed by atoms with Crippen LogP contribution in [0.1, 0.15) is 42.5 Å². The minimum absolute atomic E-state index is 0.0299. The molecule has 0 saturated heterocycles. The van der Waals surface area contributed by atoms with Crippen molar-refractivity contribution in [3.63, 3.8) is 0 Å². The van der Waals surface area contributed by atoms with Crippen LogP contribution in [-0.2, 0) is 0 Å². The third kappa shape index (κ3) is 4.72. The molecule has 1 aliphatic carbocycles. The molecule has 3 rings (SSSR count). The maximum atomic E-state index is 12.2. The molecule has 0 radical (unpaired) electrons. The number of carbonyl (C=O) groups is 1. The van der Waals surface area contributed by atoms with Gasteiger partial charge in [0.1, 0.15) is 11.5 Å². The minimum Gasteiger partial charge on any atom is -0.457 e. The molecular weight excluding hydrogens is 298 g/mol. The average molecular weight is 321 g/mol. The van der Waals surface area contributed by atoms with Crippen molar-refractivity contribution >= 4 is 5.91 Å². The minimum atomic E-state index is -0.0299. The van der Waals surface area contributed by atoms with E-state index in [9.17, 15) is 4.79 Å². The van der Waals surface area contributed by atoms with Crippen LogP contribution in [0.15, 0.2) is 66.2 Å². The maximum Gasteiger partial charge on any atom is 0.251 e. The molecule has 0 bridgehead atoms. The molecule has 124 valence electrons. The Morgan fingerprint density at radius 1 is 0.958 bits per heavy atom. The zero-order valence-corrected chi connectivity index (χ0v) is 13.8. The first-order valence-electron chi connectivity index (χ1n) is 8.60. The first-order valence-corrected chi connectivity index (χ1v) is 8.60. The Balaban J connectivity index is 1.49. The van der Waals surface area contributed by atoms with Crippen LogP contribution in [-0.4, -0.2) is 12.5 Å². The molecule has 0 fully saturated rings. The summed E-state index contributed by atoms with van der Waals surface area (Å²) in [6.07, 6.45) is 8.23. The lowest BCUT2D eigenvalue weighted by Crippen LogP contribution is -2.24. The monoisotopic (exact) mass is 321 g/mol. The van der Waals surface area contributed by atoms with Crippen molar-refractivity contribution < 1.29 is 9.53 Å². The number of allylic oxidation sites excluding steroid dienone is 1. The summed E-state index contributed by atoms with van der Waals surface area (Å²) in [7, 11) is 0. The molecule has 0 atom stereocenters. The number of nitrogens with one attached hydrogen (secondary N) is 1. The highest BCUT2D eigenvalue weighted by Crippen LogP contribution is 2.21. The largest absolute Gasteiger partial charge is 0.457 e. The number of hydrogen-bond acceptors (Lipinski definition) is 2. The second-order valence-electron chi connectivity index (χ2n) is 6.05. The standard InChI is InChI=1S/C21H23NO2/c23-21(22-16-15-17-7-3-1-4-8-17)18-11-13-20(14-12-18)24-19-9-5-2-6-10-19/h2,5-7,9-14H,1,3-4,8,15-16H2,(H,22,23). The fourth-order valence-corrected chi connectivity index (χ4v) is 2.87. The van der Waals surface area contributed by atoms with Gasteiger partial charge >= 0.3 is 0 Å². The summed E-state index contributed by atoms with van der Waals surface area (Å²) in [4.78, 5) is 12.2. The second-order valence-corrected chi connectivity index (χ2v) is 6.05. The number of rotatable bonds is 6. The average Bonchev–Trinajstić information content (AvgIpc) is 2.64. The fraction of sp³-hybridized carbons (Fsp3) is 0.286. The van der Waals surface area contributed by atoms with E-state index in [4.69, 9.17) is 4.74 Å². The van der Waals surface area contributed by atoms with Crippen molar-refractivity contribution in [2.45, 2.75) is 32.1 Å². The van der Waals surface area contributed by atoms with E-state index >= 15 is 0 Å². The third-order valence-corrected chi connectivity index (χ3v) is 4.21. The predicted octanol–water partition coefficient (Wildman–Crippen LogP) is 5.10. The van der Waals surface area contributed by atoms with E-state index < -0.39 is 0 Å². The maximum absolute atomic E-state index is 12.2. The van der Waals surface area contributed by atoms with Crippen molar-refractivity contribution in [2.75, 3.05) is 6.54 Å². The van der Waals surface area contributed by atoms with Crippen molar-refractivity contribution in [2.24, 2.45) is 0 Å². The van der Waals surface area contributed by atoms with Gasteiger partial charge < -0.3 is 10.1 Å². The van der Waals surface area contributed by atoms with E-state index in [0.29, 0.717) is 12.1 Å². The van der Waals surface area contributed by atoms with Crippen LogP contribution < -0.4 is 10.1 Å². The number of ether oxygens (including phenoxy) is 1.